The normalized spacial score (nSPS) is 44.0. The quantitative estimate of drug-likeness (QED) is 0.254. The summed E-state index contributed by atoms with van der Waals surface area (Å²) in [4.78, 5) is 0. The lowest BCUT2D eigenvalue weighted by Gasteiger charge is -2.40. The second-order valence-electron chi connectivity index (χ2n) is 18.5. The SMILES string of the molecule is CC1CCC(C(=CC2CCC(C3CCC(C=C(C4CCC(C)CC4)C4CCC(C)CC4)CC3)CC2)C2CCC(C)CC2)CC1. The van der Waals surface area contributed by atoms with Crippen LogP contribution in [0.5, 0.6) is 0 Å². The Morgan fingerprint density at radius 2 is 0.523 bits per heavy atom. The molecular weight excluding hydrogens is 528 g/mol. The van der Waals surface area contributed by atoms with Gasteiger partial charge in [0.05, 0.1) is 0 Å². The topological polar surface area (TPSA) is 0 Å². The first kappa shape index (κ1) is 33.4. The molecule has 6 rings (SSSR count). The van der Waals surface area contributed by atoms with Crippen LogP contribution in [0.25, 0.3) is 0 Å². The molecule has 0 atom stereocenters. The summed E-state index contributed by atoms with van der Waals surface area (Å²) in [6, 6.07) is 0. The van der Waals surface area contributed by atoms with Gasteiger partial charge in [0.2, 0.25) is 0 Å². The van der Waals surface area contributed by atoms with Crippen molar-refractivity contribution in [3.8, 4) is 0 Å². The molecule has 0 heterocycles. The van der Waals surface area contributed by atoms with Gasteiger partial charge in [-0.3, -0.25) is 0 Å². The molecule has 0 aromatic rings. The highest BCUT2D eigenvalue weighted by Crippen LogP contribution is 2.48. The highest BCUT2D eigenvalue weighted by atomic mass is 14.4. The van der Waals surface area contributed by atoms with E-state index < -0.39 is 0 Å². The van der Waals surface area contributed by atoms with E-state index >= 15 is 0 Å². The Labute approximate surface area is 275 Å². The van der Waals surface area contributed by atoms with Gasteiger partial charge < -0.3 is 0 Å². The molecular formula is C44H74. The van der Waals surface area contributed by atoms with Gasteiger partial charge in [0.1, 0.15) is 0 Å². The van der Waals surface area contributed by atoms with Gasteiger partial charge >= 0.3 is 0 Å². The molecule has 6 aliphatic carbocycles. The molecule has 0 aliphatic heterocycles. The van der Waals surface area contributed by atoms with Crippen molar-refractivity contribution in [2.75, 3.05) is 0 Å². The third-order valence-electron chi connectivity index (χ3n) is 15.1. The fourth-order valence-corrected chi connectivity index (χ4v) is 11.7. The summed E-state index contributed by atoms with van der Waals surface area (Å²) in [5.74, 6) is 11.5. The van der Waals surface area contributed by atoms with Crippen LogP contribution in [-0.2, 0) is 0 Å². The molecule has 0 heteroatoms. The first-order valence-electron chi connectivity index (χ1n) is 20.8. The average Bonchev–Trinajstić information content (AvgIpc) is 3.05. The molecule has 6 aliphatic rings. The van der Waals surface area contributed by atoms with Crippen molar-refractivity contribution in [3.63, 3.8) is 0 Å². The third-order valence-corrected chi connectivity index (χ3v) is 15.1. The predicted molar refractivity (Wildman–Crippen MR) is 192 cm³/mol. The van der Waals surface area contributed by atoms with Crippen LogP contribution >= 0.6 is 0 Å². The summed E-state index contributed by atoms with van der Waals surface area (Å²) >= 11 is 0. The largest absolute Gasteiger partial charge is 0.0817 e. The van der Waals surface area contributed by atoms with Gasteiger partial charge in [0, 0.05) is 0 Å². The van der Waals surface area contributed by atoms with Crippen LogP contribution in [0.15, 0.2) is 23.3 Å². The summed E-state index contributed by atoms with van der Waals surface area (Å²) in [6.07, 6.45) is 41.9. The van der Waals surface area contributed by atoms with E-state index in [1.54, 1.807) is 0 Å². The summed E-state index contributed by atoms with van der Waals surface area (Å²) in [6.45, 7) is 10.0. The Morgan fingerprint density at radius 3 is 0.750 bits per heavy atom. The standard InChI is InChI=1S/C44H74/c1-31-5-17-39(18-6-31)43(40-19-7-32(2)8-20-40)29-35-13-25-37(26-14-35)38-27-15-36(16-28-38)30-44(41-21-9-33(3)10-22-41)42-23-11-34(4)12-24-42/h29-42H,5-28H2,1-4H3. The molecule has 0 aromatic heterocycles. The van der Waals surface area contributed by atoms with Crippen molar-refractivity contribution in [2.24, 2.45) is 71.0 Å². The molecule has 0 saturated heterocycles. The number of rotatable bonds is 7. The maximum atomic E-state index is 2.94. The van der Waals surface area contributed by atoms with E-state index in [9.17, 15) is 0 Å². The fraction of sp³-hybridized carbons (Fsp3) is 0.909. The van der Waals surface area contributed by atoms with Crippen LogP contribution in [-0.4, -0.2) is 0 Å². The lowest BCUT2D eigenvalue weighted by atomic mass is 9.66. The monoisotopic (exact) mass is 603 g/mol. The fourth-order valence-electron chi connectivity index (χ4n) is 11.7. The first-order valence-corrected chi connectivity index (χ1v) is 20.8. The smallest absolute Gasteiger partial charge is 0.0200 e. The van der Waals surface area contributed by atoms with Gasteiger partial charge in [-0.1, -0.05) is 102 Å². The van der Waals surface area contributed by atoms with Gasteiger partial charge in [0.25, 0.3) is 0 Å². The van der Waals surface area contributed by atoms with Crippen LogP contribution in [0.1, 0.15) is 182 Å². The minimum absolute atomic E-state index is 0.901. The molecule has 0 nitrogen and oxygen atoms in total. The third kappa shape index (κ3) is 8.88. The Morgan fingerprint density at radius 1 is 0.295 bits per heavy atom. The molecule has 44 heavy (non-hydrogen) atoms. The zero-order chi connectivity index (χ0) is 30.5. The van der Waals surface area contributed by atoms with E-state index in [0.717, 1.165) is 71.0 Å². The molecule has 6 fully saturated rings. The van der Waals surface area contributed by atoms with Gasteiger partial charge in [-0.2, -0.15) is 0 Å². The molecule has 0 aromatic carbocycles. The van der Waals surface area contributed by atoms with E-state index in [1.807, 2.05) is 11.1 Å². The average molecular weight is 603 g/mol. The molecule has 0 N–H and O–H groups in total. The summed E-state index contributed by atoms with van der Waals surface area (Å²) in [5.41, 5.74) is 3.96. The molecule has 0 amide bonds. The summed E-state index contributed by atoms with van der Waals surface area (Å²) < 4.78 is 0. The lowest BCUT2D eigenvalue weighted by molar-refractivity contribution is 0.164. The minimum Gasteiger partial charge on any atom is -0.0817 e. The van der Waals surface area contributed by atoms with Crippen molar-refractivity contribution in [3.05, 3.63) is 23.3 Å². The maximum Gasteiger partial charge on any atom is -0.0200 e. The zero-order valence-electron chi connectivity index (χ0n) is 30.1. The van der Waals surface area contributed by atoms with Gasteiger partial charge in [-0.05, 0) is 174 Å². The Balaban J connectivity index is 1.02. The van der Waals surface area contributed by atoms with Gasteiger partial charge in [-0.25, -0.2) is 0 Å². The Kier molecular flexibility index (Phi) is 12.2. The second kappa shape index (κ2) is 16.1. The molecule has 0 spiro atoms. The zero-order valence-corrected chi connectivity index (χ0v) is 30.1. The van der Waals surface area contributed by atoms with Gasteiger partial charge in [0.15, 0.2) is 0 Å². The highest BCUT2D eigenvalue weighted by molar-refractivity contribution is 5.17. The summed E-state index contributed by atoms with van der Waals surface area (Å²) in [5, 5.41) is 0. The molecule has 0 radical (unpaired) electrons. The Hall–Kier alpha value is -0.520. The lowest BCUT2D eigenvalue weighted by Crippen LogP contribution is -2.27. The van der Waals surface area contributed by atoms with Crippen LogP contribution in [0.4, 0.5) is 0 Å². The van der Waals surface area contributed by atoms with Crippen molar-refractivity contribution in [2.45, 2.75) is 182 Å². The maximum absolute atomic E-state index is 2.94. The number of hydrogen-bond acceptors (Lipinski definition) is 0. The molecule has 0 unspecified atom stereocenters. The number of allylic oxidation sites excluding steroid dienone is 4. The van der Waals surface area contributed by atoms with E-state index in [2.05, 4.69) is 39.8 Å². The first-order chi connectivity index (χ1) is 21.4. The van der Waals surface area contributed by atoms with Crippen LogP contribution < -0.4 is 0 Å². The van der Waals surface area contributed by atoms with E-state index in [-0.39, 0.29) is 0 Å². The van der Waals surface area contributed by atoms with E-state index in [4.69, 9.17) is 0 Å². The van der Waals surface area contributed by atoms with Crippen molar-refractivity contribution >= 4 is 0 Å². The van der Waals surface area contributed by atoms with Crippen LogP contribution in [0.2, 0.25) is 0 Å². The van der Waals surface area contributed by atoms with E-state index in [0.29, 0.717) is 0 Å². The molecule has 250 valence electrons. The van der Waals surface area contributed by atoms with Crippen molar-refractivity contribution < 1.29 is 0 Å². The van der Waals surface area contributed by atoms with Crippen LogP contribution in [0.3, 0.4) is 0 Å². The van der Waals surface area contributed by atoms with Crippen molar-refractivity contribution in [1.82, 2.24) is 0 Å². The highest BCUT2D eigenvalue weighted by Gasteiger charge is 2.34. The Bertz CT molecular complexity index is 766. The number of hydrogen-bond donors (Lipinski definition) is 0. The summed E-state index contributed by atoms with van der Waals surface area (Å²) in [7, 11) is 0. The molecule has 6 saturated carbocycles. The van der Waals surface area contributed by atoms with E-state index in [1.165, 1.54) is 154 Å². The predicted octanol–water partition coefficient (Wildman–Crippen LogP) is 13.8. The van der Waals surface area contributed by atoms with Crippen LogP contribution in [0, 0.1) is 71.0 Å². The molecule has 0 bridgehead atoms. The second-order valence-corrected chi connectivity index (χ2v) is 18.5. The van der Waals surface area contributed by atoms with Gasteiger partial charge in [-0.15, -0.1) is 0 Å². The van der Waals surface area contributed by atoms with Crippen molar-refractivity contribution in [1.29, 1.82) is 0 Å². The minimum atomic E-state index is 0.901.